The third kappa shape index (κ3) is 3.51. The largest absolute Gasteiger partial charge is 0.474 e. The molecule has 114 valence electrons. The number of likely N-dealkylation sites (tertiary alicyclic amines) is 1. The van der Waals surface area contributed by atoms with Crippen LogP contribution in [0.25, 0.3) is 0 Å². The van der Waals surface area contributed by atoms with Crippen LogP contribution in [0, 0.1) is 0 Å². The first-order chi connectivity index (χ1) is 10.2. The molecule has 1 aromatic rings. The van der Waals surface area contributed by atoms with E-state index in [0.717, 1.165) is 12.8 Å². The maximum absolute atomic E-state index is 12.3. The fourth-order valence-electron chi connectivity index (χ4n) is 2.68. The predicted molar refractivity (Wildman–Crippen MR) is 75.2 cm³/mol. The molecule has 2 saturated heterocycles. The van der Waals surface area contributed by atoms with Crippen LogP contribution in [-0.2, 0) is 4.74 Å². The second kappa shape index (κ2) is 6.41. The van der Waals surface area contributed by atoms with Gasteiger partial charge in [0.1, 0.15) is 6.10 Å². The van der Waals surface area contributed by atoms with Gasteiger partial charge < -0.3 is 19.5 Å². The lowest BCUT2D eigenvalue weighted by molar-refractivity contribution is 0.0236. The van der Waals surface area contributed by atoms with E-state index in [2.05, 4.69) is 4.98 Å². The molecule has 3 rings (SSSR count). The number of nitrogens with zero attached hydrogens (tertiary/aromatic N) is 2. The first-order valence-electron chi connectivity index (χ1n) is 7.40. The molecule has 2 aliphatic heterocycles. The molecule has 21 heavy (non-hydrogen) atoms. The first kappa shape index (κ1) is 14.3. The second-order valence-corrected chi connectivity index (χ2v) is 5.51. The van der Waals surface area contributed by atoms with Crippen LogP contribution in [-0.4, -0.2) is 59.4 Å². The summed E-state index contributed by atoms with van der Waals surface area (Å²) in [6, 6.07) is 3.37. The van der Waals surface area contributed by atoms with Crippen molar-refractivity contribution in [3.63, 3.8) is 0 Å². The van der Waals surface area contributed by atoms with Gasteiger partial charge in [-0.1, -0.05) is 0 Å². The van der Waals surface area contributed by atoms with Gasteiger partial charge in [-0.3, -0.25) is 4.79 Å². The van der Waals surface area contributed by atoms with Crippen molar-refractivity contribution in [2.75, 3.05) is 26.3 Å². The van der Waals surface area contributed by atoms with Gasteiger partial charge in [0.05, 0.1) is 19.3 Å². The molecular weight excluding hydrogens is 272 g/mol. The number of hydrogen-bond donors (Lipinski definition) is 1. The lowest BCUT2D eigenvalue weighted by Gasteiger charge is -2.23. The minimum absolute atomic E-state index is 0.0780. The Balaban J connectivity index is 1.66. The van der Waals surface area contributed by atoms with E-state index in [1.165, 1.54) is 0 Å². The van der Waals surface area contributed by atoms with Gasteiger partial charge in [0.2, 0.25) is 5.88 Å². The zero-order valence-corrected chi connectivity index (χ0v) is 11.9. The van der Waals surface area contributed by atoms with Crippen LogP contribution < -0.4 is 4.74 Å². The molecule has 6 nitrogen and oxygen atoms in total. The van der Waals surface area contributed by atoms with Crippen molar-refractivity contribution >= 4 is 5.91 Å². The molecular formula is C15H20N2O4. The fourth-order valence-corrected chi connectivity index (χ4v) is 2.68. The number of aliphatic hydroxyl groups is 1. The zero-order valence-electron chi connectivity index (χ0n) is 11.9. The van der Waals surface area contributed by atoms with E-state index in [1.54, 1.807) is 23.2 Å². The van der Waals surface area contributed by atoms with E-state index >= 15 is 0 Å². The molecule has 1 aromatic heterocycles. The Morgan fingerprint density at radius 1 is 1.38 bits per heavy atom. The molecule has 6 heteroatoms. The smallest absolute Gasteiger partial charge is 0.254 e. The van der Waals surface area contributed by atoms with E-state index in [1.807, 2.05) is 0 Å². The summed E-state index contributed by atoms with van der Waals surface area (Å²) < 4.78 is 11.1. The summed E-state index contributed by atoms with van der Waals surface area (Å²) in [5.74, 6) is 0.401. The Bertz CT molecular complexity index is 502. The Kier molecular flexibility index (Phi) is 4.36. The zero-order chi connectivity index (χ0) is 14.7. The minimum Gasteiger partial charge on any atom is -0.474 e. The summed E-state index contributed by atoms with van der Waals surface area (Å²) in [6.07, 6.45) is 3.62. The maximum atomic E-state index is 12.3. The first-order valence-corrected chi connectivity index (χ1v) is 7.40. The van der Waals surface area contributed by atoms with Crippen LogP contribution in [0.3, 0.4) is 0 Å². The summed E-state index contributed by atoms with van der Waals surface area (Å²) in [6.45, 7) is 2.40. The monoisotopic (exact) mass is 292 g/mol. The molecule has 0 unspecified atom stereocenters. The van der Waals surface area contributed by atoms with E-state index < -0.39 is 6.10 Å². The van der Waals surface area contributed by atoms with E-state index in [9.17, 15) is 9.90 Å². The highest BCUT2D eigenvalue weighted by molar-refractivity contribution is 5.94. The van der Waals surface area contributed by atoms with Crippen LogP contribution >= 0.6 is 0 Å². The molecule has 2 aliphatic rings. The number of aromatic nitrogens is 1. The summed E-state index contributed by atoms with van der Waals surface area (Å²) in [5.41, 5.74) is 0.557. The van der Waals surface area contributed by atoms with Crippen LogP contribution in [0.5, 0.6) is 5.88 Å². The molecule has 1 atom stereocenters. The molecule has 1 N–H and O–H groups in total. The van der Waals surface area contributed by atoms with Crippen molar-refractivity contribution < 1.29 is 19.4 Å². The van der Waals surface area contributed by atoms with Gasteiger partial charge in [0.15, 0.2) is 0 Å². The van der Waals surface area contributed by atoms with Crippen LogP contribution in [0.15, 0.2) is 18.3 Å². The van der Waals surface area contributed by atoms with E-state index in [-0.39, 0.29) is 12.0 Å². The summed E-state index contributed by atoms with van der Waals surface area (Å²) in [4.78, 5) is 18.2. The Morgan fingerprint density at radius 2 is 2.19 bits per heavy atom. The normalized spacial score (nSPS) is 23.3. The van der Waals surface area contributed by atoms with Gasteiger partial charge in [-0.2, -0.15) is 0 Å². The lowest BCUT2D eigenvalue weighted by atomic mass is 10.1. The third-order valence-electron chi connectivity index (χ3n) is 3.89. The number of β-amino-alcohol motifs (C(OH)–C–C–N with tert-alkyl or cyclic N) is 1. The van der Waals surface area contributed by atoms with Gasteiger partial charge in [-0.05, 0) is 12.5 Å². The van der Waals surface area contributed by atoms with Crippen molar-refractivity contribution in [1.29, 1.82) is 0 Å². The highest BCUT2D eigenvalue weighted by Gasteiger charge is 2.26. The number of pyridine rings is 1. The predicted octanol–water partition coefficient (Wildman–Crippen LogP) is 0.846. The standard InChI is InChI=1S/C15H20N2O4/c18-12-2-6-17(10-12)15(19)11-1-5-16-14(9-11)21-13-3-7-20-8-4-13/h1,5,9,12-13,18H,2-4,6-8,10H2/t12-/m1/s1. The van der Waals surface area contributed by atoms with E-state index in [0.29, 0.717) is 44.2 Å². The summed E-state index contributed by atoms with van der Waals surface area (Å²) >= 11 is 0. The second-order valence-electron chi connectivity index (χ2n) is 5.51. The lowest BCUT2D eigenvalue weighted by Crippen LogP contribution is -2.30. The average molecular weight is 292 g/mol. The molecule has 0 saturated carbocycles. The van der Waals surface area contributed by atoms with E-state index in [4.69, 9.17) is 9.47 Å². The van der Waals surface area contributed by atoms with Gasteiger partial charge >= 0.3 is 0 Å². The Hall–Kier alpha value is -1.66. The van der Waals surface area contributed by atoms with Crippen molar-refractivity contribution in [2.24, 2.45) is 0 Å². The van der Waals surface area contributed by atoms with Gasteiger partial charge in [0.25, 0.3) is 5.91 Å². The van der Waals surface area contributed by atoms with Gasteiger partial charge in [-0.25, -0.2) is 4.98 Å². The molecule has 0 aromatic carbocycles. The number of carbonyl (C=O) groups is 1. The van der Waals surface area contributed by atoms with Crippen LogP contribution in [0.1, 0.15) is 29.6 Å². The highest BCUT2D eigenvalue weighted by atomic mass is 16.5. The molecule has 0 aliphatic carbocycles. The Morgan fingerprint density at radius 3 is 2.90 bits per heavy atom. The van der Waals surface area contributed by atoms with Crippen molar-refractivity contribution in [1.82, 2.24) is 9.88 Å². The number of amides is 1. The number of carbonyl (C=O) groups excluding carboxylic acids is 1. The maximum Gasteiger partial charge on any atom is 0.254 e. The number of aliphatic hydroxyl groups excluding tert-OH is 1. The SMILES string of the molecule is O=C(c1ccnc(OC2CCOCC2)c1)N1CC[C@@H](O)C1. The quantitative estimate of drug-likeness (QED) is 0.894. The summed E-state index contributed by atoms with van der Waals surface area (Å²) in [5, 5.41) is 9.52. The Labute approximate surface area is 123 Å². The molecule has 0 spiro atoms. The molecule has 1 amide bonds. The topological polar surface area (TPSA) is 71.9 Å². The molecule has 2 fully saturated rings. The molecule has 0 bridgehead atoms. The molecule has 3 heterocycles. The van der Waals surface area contributed by atoms with Gasteiger partial charge in [0, 0.05) is 43.8 Å². The summed E-state index contributed by atoms with van der Waals surface area (Å²) in [7, 11) is 0. The fraction of sp³-hybridized carbons (Fsp3) is 0.600. The van der Waals surface area contributed by atoms with Gasteiger partial charge in [-0.15, -0.1) is 0 Å². The van der Waals surface area contributed by atoms with Crippen molar-refractivity contribution in [3.05, 3.63) is 23.9 Å². The van der Waals surface area contributed by atoms with Crippen molar-refractivity contribution in [2.45, 2.75) is 31.5 Å². The minimum atomic E-state index is -0.409. The van der Waals surface area contributed by atoms with Crippen LogP contribution in [0.4, 0.5) is 0 Å². The number of rotatable bonds is 3. The molecule has 0 radical (unpaired) electrons. The third-order valence-corrected chi connectivity index (χ3v) is 3.89. The van der Waals surface area contributed by atoms with Crippen molar-refractivity contribution in [3.8, 4) is 5.88 Å². The van der Waals surface area contributed by atoms with Crippen LogP contribution in [0.2, 0.25) is 0 Å². The number of hydrogen-bond acceptors (Lipinski definition) is 5. The number of ether oxygens (including phenoxy) is 2. The highest BCUT2D eigenvalue weighted by Crippen LogP contribution is 2.19. The average Bonchev–Trinajstić information content (AvgIpc) is 2.94.